The summed E-state index contributed by atoms with van der Waals surface area (Å²) in [5.74, 6) is -0.383. The van der Waals surface area contributed by atoms with Gasteiger partial charge < -0.3 is 10.2 Å². The van der Waals surface area contributed by atoms with Crippen molar-refractivity contribution in [2.24, 2.45) is 0 Å². The lowest BCUT2D eigenvalue weighted by atomic mass is 10.1. The number of halogens is 2. The first kappa shape index (κ1) is 24.1. The minimum Gasteiger partial charge on any atom is -0.322 e. The van der Waals surface area contributed by atoms with Gasteiger partial charge in [-0.05, 0) is 60.5 Å². The molecule has 0 saturated carbocycles. The number of nitrogens with zero attached hydrogens (tertiary/aromatic N) is 1. The Labute approximate surface area is 207 Å². The number of nitrogens with one attached hydrogen (secondary N) is 2. The highest BCUT2D eigenvalue weighted by Gasteiger charge is 2.24. The van der Waals surface area contributed by atoms with Crippen molar-refractivity contribution in [3.63, 3.8) is 0 Å². The number of sulfonamides is 1. The van der Waals surface area contributed by atoms with Gasteiger partial charge in [0.2, 0.25) is 5.91 Å². The molecule has 176 valence electrons. The molecule has 0 fully saturated rings. The second-order valence-corrected chi connectivity index (χ2v) is 10.2. The molecule has 34 heavy (non-hydrogen) atoms. The van der Waals surface area contributed by atoms with Gasteiger partial charge in [0.15, 0.2) is 0 Å². The Morgan fingerprint density at radius 3 is 2.50 bits per heavy atom. The van der Waals surface area contributed by atoms with Gasteiger partial charge in [0.05, 0.1) is 14.9 Å². The van der Waals surface area contributed by atoms with Crippen LogP contribution >= 0.6 is 23.2 Å². The average Bonchev–Trinajstić information content (AvgIpc) is 3.23. The first-order chi connectivity index (χ1) is 16.2. The molecule has 0 unspecified atom stereocenters. The zero-order valence-corrected chi connectivity index (χ0v) is 20.5. The van der Waals surface area contributed by atoms with Crippen molar-refractivity contribution < 1.29 is 18.0 Å². The summed E-state index contributed by atoms with van der Waals surface area (Å²) >= 11 is 11.8. The van der Waals surface area contributed by atoms with Crippen molar-refractivity contribution in [1.29, 1.82) is 0 Å². The fraction of sp³-hybridized carbons (Fsp3) is 0.167. The van der Waals surface area contributed by atoms with Crippen LogP contribution < -0.4 is 14.9 Å². The third-order valence-electron chi connectivity index (χ3n) is 5.42. The van der Waals surface area contributed by atoms with Crippen molar-refractivity contribution in [2.45, 2.75) is 24.7 Å². The van der Waals surface area contributed by atoms with Gasteiger partial charge in [-0.2, -0.15) is 0 Å². The lowest BCUT2D eigenvalue weighted by Gasteiger charge is -2.17. The molecule has 2 N–H and O–H groups in total. The minimum absolute atomic E-state index is 0.0317. The number of rotatable bonds is 6. The summed E-state index contributed by atoms with van der Waals surface area (Å²) in [4.78, 5) is 26.7. The average molecular weight is 518 g/mol. The molecule has 0 radical (unpaired) electrons. The topological polar surface area (TPSA) is 95.6 Å². The maximum atomic E-state index is 12.9. The van der Waals surface area contributed by atoms with E-state index in [0.29, 0.717) is 18.7 Å². The van der Waals surface area contributed by atoms with Gasteiger partial charge in [-0.3, -0.25) is 14.3 Å². The van der Waals surface area contributed by atoms with Crippen molar-refractivity contribution in [3.8, 4) is 0 Å². The highest BCUT2D eigenvalue weighted by molar-refractivity contribution is 7.92. The van der Waals surface area contributed by atoms with Crippen LogP contribution in [0, 0.1) is 0 Å². The Morgan fingerprint density at radius 1 is 0.971 bits per heavy atom. The lowest BCUT2D eigenvalue weighted by Crippen LogP contribution is -2.27. The predicted octanol–water partition coefficient (Wildman–Crippen LogP) is 5.35. The van der Waals surface area contributed by atoms with E-state index in [1.165, 1.54) is 30.3 Å². The highest BCUT2D eigenvalue weighted by atomic mass is 35.5. The number of anilines is 3. The quantitative estimate of drug-likeness (QED) is 0.460. The van der Waals surface area contributed by atoms with Crippen LogP contribution in [0.25, 0.3) is 0 Å². The molecule has 0 aromatic heterocycles. The van der Waals surface area contributed by atoms with E-state index >= 15 is 0 Å². The minimum atomic E-state index is -3.94. The molecule has 0 bridgehead atoms. The highest BCUT2D eigenvalue weighted by Crippen LogP contribution is 2.32. The molecule has 7 nitrogen and oxygen atoms in total. The molecule has 0 atom stereocenters. The molecular weight excluding hydrogens is 497 g/mol. The zero-order chi connectivity index (χ0) is 24.5. The molecule has 0 spiro atoms. The molecule has 0 saturated heterocycles. The first-order valence-electron chi connectivity index (χ1n) is 10.5. The van der Waals surface area contributed by atoms with Crippen LogP contribution in [0.3, 0.4) is 0 Å². The Morgan fingerprint density at radius 2 is 1.76 bits per heavy atom. The SMILES string of the molecule is CCC(=O)N1CCc2ccc(NC(=O)c3cccc(NS(=O)(=O)c4ccc(Cl)c(Cl)c4)c3)cc21. The lowest BCUT2D eigenvalue weighted by molar-refractivity contribution is -0.118. The van der Waals surface area contributed by atoms with E-state index in [-0.39, 0.29) is 32.1 Å². The molecule has 0 aliphatic carbocycles. The number of benzene rings is 3. The van der Waals surface area contributed by atoms with E-state index in [1.54, 1.807) is 29.2 Å². The van der Waals surface area contributed by atoms with Gasteiger partial charge in [0, 0.05) is 35.6 Å². The fourth-order valence-corrected chi connectivity index (χ4v) is 5.13. The van der Waals surface area contributed by atoms with Crippen LogP contribution in [0.2, 0.25) is 10.0 Å². The molecular formula is C24H21Cl2N3O4S. The summed E-state index contributed by atoms with van der Waals surface area (Å²) in [5, 5.41) is 3.18. The molecule has 2 amide bonds. The smallest absolute Gasteiger partial charge is 0.261 e. The third kappa shape index (κ3) is 5.04. The maximum absolute atomic E-state index is 12.9. The van der Waals surface area contributed by atoms with E-state index in [9.17, 15) is 18.0 Å². The molecule has 1 aliphatic rings. The molecule has 1 heterocycles. The van der Waals surface area contributed by atoms with E-state index in [4.69, 9.17) is 23.2 Å². The van der Waals surface area contributed by atoms with E-state index in [2.05, 4.69) is 10.0 Å². The van der Waals surface area contributed by atoms with Gasteiger partial charge >= 0.3 is 0 Å². The molecule has 10 heteroatoms. The summed E-state index contributed by atoms with van der Waals surface area (Å²) in [6.07, 6.45) is 1.18. The van der Waals surface area contributed by atoms with Crippen LogP contribution in [0.1, 0.15) is 29.3 Å². The largest absolute Gasteiger partial charge is 0.322 e. The number of carbonyl (C=O) groups excluding carboxylic acids is 2. The van der Waals surface area contributed by atoms with Crippen molar-refractivity contribution >= 4 is 62.1 Å². The predicted molar refractivity (Wildman–Crippen MR) is 134 cm³/mol. The zero-order valence-electron chi connectivity index (χ0n) is 18.1. The number of hydrogen-bond acceptors (Lipinski definition) is 4. The van der Waals surface area contributed by atoms with Gasteiger partial charge in [0.25, 0.3) is 15.9 Å². The molecule has 4 rings (SSSR count). The van der Waals surface area contributed by atoms with E-state index in [1.807, 2.05) is 13.0 Å². The number of carbonyl (C=O) groups is 2. The number of hydrogen-bond donors (Lipinski definition) is 2. The Kier molecular flexibility index (Phi) is 6.84. The summed E-state index contributed by atoms with van der Waals surface area (Å²) in [7, 11) is -3.94. The molecule has 3 aromatic carbocycles. The first-order valence-corrected chi connectivity index (χ1v) is 12.7. The second-order valence-electron chi connectivity index (χ2n) is 7.71. The fourth-order valence-electron chi connectivity index (χ4n) is 3.69. The Balaban J connectivity index is 1.52. The van der Waals surface area contributed by atoms with Crippen LogP contribution in [0.15, 0.2) is 65.6 Å². The maximum Gasteiger partial charge on any atom is 0.261 e. The van der Waals surface area contributed by atoms with E-state index in [0.717, 1.165) is 17.7 Å². The van der Waals surface area contributed by atoms with Crippen molar-refractivity contribution in [3.05, 3.63) is 81.8 Å². The van der Waals surface area contributed by atoms with Crippen LogP contribution in [0.4, 0.5) is 17.1 Å². The summed E-state index contributed by atoms with van der Waals surface area (Å²) < 4.78 is 27.9. The summed E-state index contributed by atoms with van der Waals surface area (Å²) in [6.45, 7) is 2.44. The standard InChI is InChI=1S/C24H21Cl2N3O4S/c1-2-23(30)29-11-10-15-6-7-17(13-22(15)29)27-24(31)16-4-3-5-18(12-16)28-34(32,33)19-8-9-20(25)21(26)14-19/h3-9,12-14,28H,2,10-11H2,1H3,(H,27,31). The summed E-state index contributed by atoms with van der Waals surface area (Å²) in [6, 6.07) is 15.6. The van der Waals surface area contributed by atoms with Gasteiger partial charge in [-0.1, -0.05) is 42.3 Å². The monoisotopic (exact) mass is 517 g/mol. The van der Waals surface area contributed by atoms with Crippen LogP contribution in [-0.2, 0) is 21.2 Å². The van der Waals surface area contributed by atoms with E-state index < -0.39 is 15.9 Å². The third-order valence-corrected chi connectivity index (χ3v) is 7.54. The molecule has 3 aromatic rings. The molecule has 1 aliphatic heterocycles. The normalized spacial score (nSPS) is 12.9. The Hall–Kier alpha value is -3.07. The van der Waals surface area contributed by atoms with Gasteiger partial charge in [-0.25, -0.2) is 8.42 Å². The van der Waals surface area contributed by atoms with Gasteiger partial charge in [0.1, 0.15) is 0 Å². The number of amides is 2. The van der Waals surface area contributed by atoms with Crippen molar-refractivity contribution in [2.75, 3.05) is 21.5 Å². The Bertz CT molecular complexity index is 1390. The van der Waals surface area contributed by atoms with Gasteiger partial charge in [-0.15, -0.1) is 0 Å². The second kappa shape index (κ2) is 9.66. The van der Waals surface area contributed by atoms with Crippen molar-refractivity contribution in [1.82, 2.24) is 0 Å². The van der Waals surface area contributed by atoms with Crippen LogP contribution in [0.5, 0.6) is 0 Å². The number of fused-ring (bicyclic) bond motifs is 1. The summed E-state index contributed by atoms with van der Waals surface area (Å²) in [5.41, 5.74) is 2.87. The van der Waals surface area contributed by atoms with Crippen LogP contribution in [-0.4, -0.2) is 26.8 Å².